The van der Waals surface area contributed by atoms with Crippen LogP contribution in [0.25, 0.3) is 0 Å². The Morgan fingerprint density at radius 2 is 1.71 bits per heavy atom. The maximum Gasteiger partial charge on any atom is 0.338 e. The van der Waals surface area contributed by atoms with Gasteiger partial charge in [-0.1, -0.05) is 6.92 Å². The van der Waals surface area contributed by atoms with Crippen LogP contribution in [0.5, 0.6) is 0 Å². The van der Waals surface area contributed by atoms with E-state index in [1.807, 2.05) is 13.8 Å². The van der Waals surface area contributed by atoms with Gasteiger partial charge in [-0.25, -0.2) is 18.0 Å². The van der Waals surface area contributed by atoms with Crippen molar-refractivity contribution in [2.75, 3.05) is 25.2 Å². The third kappa shape index (κ3) is 5.31. The number of carbonyl (C=O) groups is 3. The number of carbonyl (C=O) groups excluding carboxylic acids is 3. The molecule has 9 heteroatoms. The first-order chi connectivity index (χ1) is 13.2. The van der Waals surface area contributed by atoms with Gasteiger partial charge >= 0.3 is 11.9 Å². The topological polar surface area (TPSA) is 107 Å². The Hall–Kier alpha value is -2.42. The molecule has 28 heavy (non-hydrogen) atoms. The lowest BCUT2D eigenvalue weighted by atomic mass is 10.1. The second-order valence-corrected chi connectivity index (χ2v) is 8.99. The number of benzene rings is 1. The van der Waals surface area contributed by atoms with Crippen LogP contribution >= 0.6 is 0 Å². The largest absolute Gasteiger partial charge is 0.465 e. The van der Waals surface area contributed by atoms with Crippen molar-refractivity contribution in [2.45, 2.75) is 38.8 Å². The molecule has 0 spiro atoms. The van der Waals surface area contributed by atoms with Gasteiger partial charge in [-0.2, -0.15) is 0 Å². The summed E-state index contributed by atoms with van der Waals surface area (Å²) in [5.41, 5.74) is 0.486. The van der Waals surface area contributed by atoms with Crippen LogP contribution in [0.1, 0.15) is 47.4 Å². The van der Waals surface area contributed by atoms with Crippen molar-refractivity contribution >= 4 is 27.7 Å². The maximum absolute atomic E-state index is 12.7. The average Bonchev–Trinajstić information content (AvgIpc) is 3.04. The summed E-state index contributed by atoms with van der Waals surface area (Å²) in [6.07, 6.45) is 1.05. The van der Waals surface area contributed by atoms with Crippen LogP contribution < -0.4 is 0 Å². The van der Waals surface area contributed by atoms with Crippen molar-refractivity contribution in [3.63, 3.8) is 0 Å². The minimum atomic E-state index is -3.14. The number of rotatable bonds is 7. The minimum Gasteiger partial charge on any atom is -0.465 e. The van der Waals surface area contributed by atoms with Crippen LogP contribution in [0.4, 0.5) is 0 Å². The number of amides is 1. The highest BCUT2D eigenvalue weighted by Gasteiger charge is 2.36. The summed E-state index contributed by atoms with van der Waals surface area (Å²) in [7, 11) is -1.88. The number of nitrogens with zero attached hydrogens (tertiary/aromatic N) is 1. The lowest BCUT2D eigenvalue weighted by Gasteiger charge is -2.33. The summed E-state index contributed by atoms with van der Waals surface area (Å²) in [5.74, 6) is -1.65. The third-order valence-electron chi connectivity index (χ3n) is 4.82. The van der Waals surface area contributed by atoms with E-state index in [9.17, 15) is 22.8 Å². The van der Waals surface area contributed by atoms with Crippen molar-refractivity contribution in [3.8, 4) is 0 Å². The zero-order chi connectivity index (χ0) is 20.9. The fraction of sp³-hybridized carbons (Fsp3) is 0.526. The molecule has 1 amide bonds. The lowest BCUT2D eigenvalue weighted by molar-refractivity contribution is -0.138. The summed E-state index contributed by atoms with van der Waals surface area (Å²) in [6.45, 7) is 3.28. The second kappa shape index (κ2) is 9.18. The van der Waals surface area contributed by atoms with Gasteiger partial charge < -0.3 is 14.4 Å². The fourth-order valence-electron chi connectivity index (χ4n) is 3.15. The molecule has 8 nitrogen and oxygen atoms in total. The summed E-state index contributed by atoms with van der Waals surface area (Å²) in [6, 6.07) is 5.12. The number of methoxy groups -OCH3 is 1. The summed E-state index contributed by atoms with van der Waals surface area (Å²) in [4.78, 5) is 37.8. The van der Waals surface area contributed by atoms with E-state index in [0.29, 0.717) is 18.4 Å². The molecule has 0 aromatic heterocycles. The summed E-state index contributed by atoms with van der Waals surface area (Å²) < 4.78 is 33.2. The Labute approximate surface area is 164 Å². The maximum atomic E-state index is 12.7. The molecule has 154 valence electrons. The lowest BCUT2D eigenvalue weighted by Crippen LogP contribution is -2.48. The molecule has 2 atom stereocenters. The van der Waals surface area contributed by atoms with E-state index in [0.717, 1.165) is 0 Å². The van der Waals surface area contributed by atoms with Crippen LogP contribution in [-0.4, -0.2) is 68.5 Å². The molecule has 0 bridgehead atoms. The minimum absolute atomic E-state index is 0.0597. The predicted octanol–water partition coefficient (Wildman–Crippen LogP) is 1.44. The highest BCUT2D eigenvalue weighted by atomic mass is 32.2. The molecule has 0 aliphatic carbocycles. The molecule has 1 aromatic carbocycles. The molecule has 1 heterocycles. The first-order valence-electron chi connectivity index (χ1n) is 9.05. The van der Waals surface area contributed by atoms with Gasteiger partial charge in [0.25, 0.3) is 5.91 Å². The molecule has 0 N–H and O–H groups in total. The normalized spacial score (nSPS) is 18.9. The first kappa shape index (κ1) is 21.9. The van der Waals surface area contributed by atoms with Crippen molar-refractivity contribution in [1.82, 2.24) is 4.90 Å². The molecule has 2 unspecified atom stereocenters. The molecule has 2 rings (SSSR count). The van der Waals surface area contributed by atoms with Gasteiger partial charge in [-0.3, -0.25) is 4.79 Å². The van der Waals surface area contributed by atoms with Crippen molar-refractivity contribution in [3.05, 3.63) is 35.4 Å². The van der Waals surface area contributed by atoms with Gasteiger partial charge in [0.2, 0.25) is 0 Å². The smallest absolute Gasteiger partial charge is 0.338 e. The fourth-order valence-corrected chi connectivity index (χ4v) is 4.86. The Kier molecular flexibility index (Phi) is 7.17. The Morgan fingerprint density at radius 1 is 1.14 bits per heavy atom. The number of sulfone groups is 1. The van der Waals surface area contributed by atoms with Crippen LogP contribution in [0.2, 0.25) is 0 Å². The van der Waals surface area contributed by atoms with Gasteiger partial charge in [-0.15, -0.1) is 0 Å². The van der Waals surface area contributed by atoms with E-state index in [4.69, 9.17) is 4.74 Å². The van der Waals surface area contributed by atoms with E-state index in [1.54, 1.807) is 0 Å². The Morgan fingerprint density at radius 3 is 2.18 bits per heavy atom. The molecule has 1 aliphatic heterocycles. The third-order valence-corrected chi connectivity index (χ3v) is 6.57. The van der Waals surface area contributed by atoms with E-state index < -0.39 is 40.3 Å². The van der Waals surface area contributed by atoms with Crippen LogP contribution in [0.15, 0.2) is 24.3 Å². The Balaban J connectivity index is 2.01. The van der Waals surface area contributed by atoms with Crippen LogP contribution in [0.3, 0.4) is 0 Å². The van der Waals surface area contributed by atoms with Crippen molar-refractivity contribution < 1.29 is 32.3 Å². The number of hydrogen-bond donors (Lipinski definition) is 0. The molecular weight excluding hydrogens is 386 g/mol. The van der Waals surface area contributed by atoms with E-state index >= 15 is 0 Å². The second-order valence-electron chi connectivity index (χ2n) is 6.76. The van der Waals surface area contributed by atoms with Crippen molar-refractivity contribution in [1.29, 1.82) is 0 Å². The quantitative estimate of drug-likeness (QED) is 0.625. The van der Waals surface area contributed by atoms with Gasteiger partial charge in [-0.05, 0) is 44.0 Å². The number of esters is 2. The summed E-state index contributed by atoms with van der Waals surface area (Å²) in [5, 5.41) is 0. The van der Waals surface area contributed by atoms with E-state index in [2.05, 4.69) is 4.74 Å². The summed E-state index contributed by atoms with van der Waals surface area (Å²) >= 11 is 0. The van der Waals surface area contributed by atoms with Gasteiger partial charge in [0.1, 0.15) is 0 Å². The molecule has 1 saturated heterocycles. The molecule has 0 saturated carbocycles. The monoisotopic (exact) mass is 411 g/mol. The Bertz CT molecular complexity index is 832. The first-order valence-corrected chi connectivity index (χ1v) is 10.9. The van der Waals surface area contributed by atoms with Crippen molar-refractivity contribution in [2.24, 2.45) is 0 Å². The van der Waals surface area contributed by atoms with Crippen LogP contribution in [-0.2, 0) is 24.1 Å². The van der Waals surface area contributed by atoms with Gasteiger partial charge in [0.15, 0.2) is 16.4 Å². The molecular formula is C19H25NO7S. The highest BCUT2D eigenvalue weighted by molar-refractivity contribution is 7.91. The number of hydrogen-bond acceptors (Lipinski definition) is 7. The molecule has 1 aliphatic rings. The zero-order valence-corrected chi connectivity index (χ0v) is 17.0. The highest BCUT2D eigenvalue weighted by Crippen LogP contribution is 2.21. The van der Waals surface area contributed by atoms with E-state index in [1.165, 1.54) is 36.3 Å². The van der Waals surface area contributed by atoms with E-state index in [-0.39, 0.29) is 23.1 Å². The van der Waals surface area contributed by atoms with Gasteiger partial charge in [0, 0.05) is 12.1 Å². The number of ether oxygens (including phenoxy) is 2. The average molecular weight is 411 g/mol. The molecule has 0 radical (unpaired) electrons. The van der Waals surface area contributed by atoms with Crippen LogP contribution in [0, 0.1) is 0 Å². The molecule has 1 fully saturated rings. The molecule has 1 aromatic rings. The van der Waals surface area contributed by atoms with Gasteiger partial charge in [0.05, 0.1) is 29.7 Å². The zero-order valence-electron chi connectivity index (χ0n) is 16.2. The standard InChI is InChI=1S/C19H25NO7S/c1-4-13(2)20(16-9-10-28(24,25)12-16)17(21)11-27-19(23)15-7-5-14(6-8-15)18(22)26-3/h5-8,13,16H,4,9-12H2,1-3H3. The predicted molar refractivity (Wildman–Crippen MR) is 102 cm³/mol. The SMILES string of the molecule is CCC(C)N(C(=O)COC(=O)c1ccc(C(=O)OC)cc1)C1CCS(=O)(=O)C1.